The second-order valence-electron chi connectivity index (χ2n) is 15.9. The van der Waals surface area contributed by atoms with E-state index in [4.69, 9.17) is 14.2 Å². The summed E-state index contributed by atoms with van der Waals surface area (Å²) < 4.78 is 49.5. The molecule has 3 saturated heterocycles. The highest BCUT2D eigenvalue weighted by atomic mass is 79.9. The third-order valence-electron chi connectivity index (χ3n) is 12.3. The van der Waals surface area contributed by atoms with Gasteiger partial charge in [-0.05, 0) is 69.9 Å². The monoisotopic (exact) mass is 871 g/mol. The number of pyridine rings is 1. The number of carbonyl (C=O) groups is 1. The third-order valence-corrected chi connectivity index (χ3v) is 12.3. The zero-order valence-electron chi connectivity index (χ0n) is 34.5. The van der Waals surface area contributed by atoms with E-state index in [0.29, 0.717) is 59.1 Å². The molecule has 1 amide bonds. The molecule has 0 N–H and O–H groups in total. The Labute approximate surface area is 357 Å². The topological polar surface area (TPSA) is 70.0 Å². The average molecular weight is 873 g/mol. The smallest absolute Gasteiger partial charge is 0.263 e. The number of hydrogen-bond donors (Lipinski definition) is 0. The van der Waals surface area contributed by atoms with Crippen molar-refractivity contribution in [2.24, 2.45) is 0 Å². The number of nitrogens with zero attached hydrogens (tertiary/aromatic N) is 3. The maximum absolute atomic E-state index is 14.2. The average Bonchev–Trinajstić information content (AvgIpc) is 3.23. The summed E-state index contributed by atoms with van der Waals surface area (Å²) in [7, 11) is 0. The van der Waals surface area contributed by atoms with Gasteiger partial charge in [0.25, 0.3) is 5.91 Å². The number of ether oxygens (including phenoxy) is 3. The second kappa shape index (κ2) is 19.5. The van der Waals surface area contributed by atoms with Crippen LogP contribution in [-0.4, -0.2) is 67.5 Å². The lowest BCUT2D eigenvalue weighted by Crippen LogP contribution is -3.00. The summed E-state index contributed by atoms with van der Waals surface area (Å²) in [6, 6.07) is 24.7. The molecule has 59 heavy (non-hydrogen) atoms. The zero-order valence-corrected chi connectivity index (χ0v) is 36.1. The molecule has 4 aromatic carbocycles. The first-order chi connectivity index (χ1) is 28.2. The molecule has 314 valence electrons. The normalized spacial score (nSPS) is 18.3. The molecule has 1 aromatic heterocycles. The number of benzene rings is 4. The summed E-state index contributed by atoms with van der Waals surface area (Å²) in [4.78, 5) is 29.4. The summed E-state index contributed by atoms with van der Waals surface area (Å²) in [6.07, 6.45) is 11.1. The summed E-state index contributed by atoms with van der Waals surface area (Å²) >= 11 is 0. The largest absolute Gasteiger partial charge is 1.00 e. The van der Waals surface area contributed by atoms with Gasteiger partial charge >= 0.3 is 0 Å². The van der Waals surface area contributed by atoms with Crippen LogP contribution in [0.5, 0.6) is 17.2 Å². The van der Waals surface area contributed by atoms with Gasteiger partial charge in [0, 0.05) is 78.8 Å². The molecule has 0 radical (unpaired) electrons. The van der Waals surface area contributed by atoms with Crippen molar-refractivity contribution in [1.82, 2.24) is 4.57 Å². The molecule has 0 unspecified atom stereocenters. The highest BCUT2D eigenvalue weighted by molar-refractivity contribution is 6.07. The number of hydrogen-bond acceptors (Lipinski definition) is 5. The van der Waals surface area contributed by atoms with Gasteiger partial charge in [-0.3, -0.25) is 9.59 Å². The molecular weight excluding hydrogens is 816 g/mol. The fourth-order valence-corrected chi connectivity index (χ4v) is 9.13. The molecule has 2 bridgehead atoms. The van der Waals surface area contributed by atoms with Crippen LogP contribution in [0.3, 0.4) is 0 Å². The number of rotatable bonds is 18. The van der Waals surface area contributed by atoms with E-state index in [-0.39, 0.29) is 34.8 Å². The van der Waals surface area contributed by atoms with Gasteiger partial charge in [-0.1, -0.05) is 43.2 Å². The van der Waals surface area contributed by atoms with Gasteiger partial charge in [-0.2, -0.15) is 0 Å². The summed E-state index contributed by atoms with van der Waals surface area (Å²) in [5, 5.41) is 0.291. The first-order valence-corrected chi connectivity index (χ1v) is 21.1. The van der Waals surface area contributed by atoms with Crippen molar-refractivity contribution in [3.63, 3.8) is 0 Å². The third kappa shape index (κ3) is 9.84. The summed E-state index contributed by atoms with van der Waals surface area (Å²) in [5.41, 5.74) is 2.43. The van der Waals surface area contributed by atoms with Crippen LogP contribution >= 0.6 is 0 Å². The predicted molar refractivity (Wildman–Crippen MR) is 226 cm³/mol. The Morgan fingerprint density at radius 1 is 0.746 bits per heavy atom. The van der Waals surface area contributed by atoms with Crippen molar-refractivity contribution < 1.29 is 49.3 Å². The number of carbonyl (C=O) groups excluding carboxylic acids is 1. The highest BCUT2D eigenvalue weighted by Crippen LogP contribution is 2.46. The zero-order chi connectivity index (χ0) is 40.7. The number of quaternary nitrogens is 1. The van der Waals surface area contributed by atoms with Crippen LogP contribution in [0.4, 0.5) is 14.5 Å². The molecule has 3 aliphatic rings. The molecular formula is C48H56BrF2N3O5. The van der Waals surface area contributed by atoms with E-state index < -0.39 is 23.0 Å². The van der Waals surface area contributed by atoms with Crippen molar-refractivity contribution in [2.75, 3.05) is 57.4 Å². The molecule has 5 aromatic rings. The van der Waals surface area contributed by atoms with Gasteiger partial charge in [0.15, 0.2) is 0 Å². The van der Waals surface area contributed by atoms with E-state index in [1.165, 1.54) is 80.3 Å². The van der Waals surface area contributed by atoms with Crippen LogP contribution in [0.1, 0.15) is 88.1 Å². The molecule has 3 fully saturated rings. The van der Waals surface area contributed by atoms with Crippen LogP contribution in [0.2, 0.25) is 0 Å². The molecule has 11 heteroatoms. The number of piperidine rings is 3. The van der Waals surface area contributed by atoms with Crippen LogP contribution in [0, 0.1) is 11.6 Å². The Hall–Kier alpha value is -4.74. The van der Waals surface area contributed by atoms with Gasteiger partial charge in [-0.25, -0.2) is 8.78 Å². The number of aromatic nitrogens is 1. The van der Waals surface area contributed by atoms with E-state index in [1.807, 2.05) is 32.0 Å². The molecule has 0 saturated carbocycles. The summed E-state index contributed by atoms with van der Waals surface area (Å²) in [6.45, 7) is 12.1. The number of unbranched alkanes of at least 4 members (excludes halogenated alkanes) is 4. The van der Waals surface area contributed by atoms with Gasteiger partial charge in [0.05, 0.1) is 57.2 Å². The number of anilines is 1. The first kappa shape index (κ1) is 43.8. The molecule has 3 aliphatic heterocycles. The van der Waals surface area contributed by atoms with Crippen molar-refractivity contribution >= 4 is 22.5 Å². The highest BCUT2D eigenvalue weighted by Gasteiger charge is 2.49. The van der Waals surface area contributed by atoms with Crippen LogP contribution in [0.15, 0.2) is 95.9 Å². The molecule has 8 nitrogen and oxygen atoms in total. The van der Waals surface area contributed by atoms with Crippen molar-refractivity contribution in [1.29, 1.82) is 0 Å². The SMILES string of the molecule is CCOc1cc(OCC)cc(-n2cc(C(=O)N(CC)c3cc(F)cc(F)c3)c(=O)c3ccc(OCCCCCCC[N+]45CCC(c6ccccc6)(CC4)CC5)cc32)c1.[Br-]. The van der Waals surface area contributed by atoms with E-state index >= 15 is 0 Å². The van der Waals surface area contributed by atoms with E-state index in [1.54, 1.807) is 35.3 Å². The summed E-state index contributed by atoms with van der Waals surface area (Å²) in [5.74, 6) is -0.601. The molecule has 0 aliphatic carbocycles. The fraction of sp³-hybridized carbons (Fsp3) is 0.417. The maximum Gasteiger partial charge on any atom is 0.263 e. The number of fused-ring (bicyclic) bond motifs is 4. The molecule has 4 heterocycles. The van der Waals surface area contributed by atoms with Gasteiger partial charge < -0.3 is 45.1 Å². The van der Waals surface area contributed by atoms with E-state index in [0.717, 1.165) is 31.0 Å². The Morgan fingerprint density at radius 2 is 1.37 bits per heavy atom. The molecule has 0 spiro atoms. The first-order valence-electron chi connectivity index (χ1n) is 21.1. The van der Waals surface area contributed by atoms with Crippen molar-refractivity contribution in [3.05, 3.63) is 124 Å². The number of halogens is 3. The van der Waals surface area contributed by atoms with Gasteiger partial charge in [0.2, 0.25) is 5.43 Å². The van der Waals surface area contributed by atoms with Crippen molar-refractivity contribution in [3.8, 4) is 22.9 Å². The van der Waals surface area contributed by atoms with Crippen LogP contribution in [-0.2, 0) is 5.41 Å². The molecule has 0 atom stereocenters. The minimum atomic E-state index is -0.821. The Morgan fingerprint density at radius 3 is 2.00 bits per heavy atom. The predicted octanol–water partition coefficient (Wildman–Crippen LogP) is 7.02. The maximum atomic E-state index is 14.2. The standard InChI is InChI=1S/C48H56F2N3O5.BrH/c1-4-51(38-28-36(49)27-37(50)29-38)47(55)44-34-52(39-30-41(56-5-2)32-42(31-39)57-6-3)45-33-40(17-18-43(45)46(44)54)58-26-14-9-7-8-13-22-53-23-19-48(20-24-53,21-25-53)35-15-11-10-12-16-35;/h10-12,15-18,27-34H,4-9,13-14,19-26H2,1-3H3;1H/q+1;/p-1. The lowest BCUT2D eigenvalue weighted by atomic mass is 9.66. The lowest BCUT2D eigenvalue weighted by molar-refractivity contribution is -0.943. The molecule has 8 rings (SSSR count). The Bertz CT molecular complexity index is 2210. The minimum Gasteiger partial charge on any atom is -1.00 e. The second-order valence-corrected chi connectivity index (χ2v) is 15.9. The lowest BCUT2D eigenvalue weighted by Gasteiger charge is -2.55. The Kier molecular flexibility index (Phi) is 14.5. The number of amides is 1. The van der Waals surface area contributed by atoms with Gasteiger partial charge in [-0.15, -0.1) is 0 Å². The quantitative estimate of drug-likeness (QED) is 0.0701. The fourth-order valence-electron chi connectivity index (χ4n) is 9.13. The van der Waals surface area contributed by atoms with Crippen LogP contribution < -0.4 is 41.5 Å². The van der Waals surface area contributed by atoms with Crippen LogP contribution in [0.25, 0.3) is 16.6 Å². The van der Waals surface area contributed by atoms with Crippen molar-refractivity contribution in [2.45, 2.75) is 77.6 Å². The van der Waals surface area contributed by atoms with E-state index in [9.17, 15) is 18.4 Å². The van der Waals surface area contributed by atoms with E-state index in [2.05, 4.69) is 30.3 Å². The van der Waals surface area contributed by atoms with Gasteiger partial charge in [0.1, 0.15) is 34.4 Å². The minimum absolute atomic E-state index is 0. The Balaban J connectivity index is 0.00000585.